The number of nitrogens with one attached hydrogen (secondary N) is 1. The predicted molar refractivity (Wildman–Crippen MR) is 90.1 cm³/mol. The third-order valence-electron chi connectivity index (χ3n) is 4.20. The Morgan fingerprint density at radius 3 is 2.54 bits per heavy atom. The lowest BCUT2D eigenvalue weighted by Gasteiger charge is -2.37. The van der Waals surface area contributed by atoms with Gasteiger partial charge in [-0.1, -0.05) is 17.3 Å². The summed E-state index contributed by atoms with van der Waals surface area (Å²) in [5, 5.41) is 6.11. The zero-order valence-electron chi connectivity index (χ0n) is 14.2. The van der Waals surface area contributed by atoms with Crippen molar-refractivity contribution in [1.29, 1.82) is 0 Å². The molecule has 2 amide bonds. The first-order valence-corrected chi connectivity index (χ1v) is 8.25. The van der Waals surface area contributed by atoms with Gasteiger partial charge in [-0.15, -0.1) is 0 Å². The number of para-hydroxylation sites is 1. The van der Waals surface area contributed by atoms with Crippen LogP contribution in [-0.2, 0) is 6.18 Å². The Labute approximate surface area is 156 Å². The fourth-order valence-corrected chi connectivity index (χ4v) is 2.74. The number of carbonyl (C=O) groups excluding carboxylic acids is 1. The van der Waals surface area contributed by atoms with Gasteiger partial charge in [0.1, 0.15) is 0 Å². The molecular weight excluding hydrogens is 377 g/mol. The molecule has 2 aromatic heterocycles. The van der Waals surface area contributed by atoms with Crippen LogP contribution >= 0.6 is 0 Å². The van der Waals surface area contributed by atoms with E-state index in [1.165, 1.54) is 23.1 Å². The van der Waals surface area contributed by atoms with Gasteiger partial charge in [0, 0.05) is 25.5 Å². The van der Waals surface area contributed by atoms with E-state index in [1.54, 1.807) is 18.5 Å². The zero-order chi connectivity index (χ0) is 19.7. The molecule has 0 saturated carbocycles. The molecule has 0 bridgehead atoms. The normalized spacial score (nSPS) is 14.6. The number of urea groups is 1. The number of aromatic nitrogens is 4. The molecule has 3 aromatic rings. The fraction of sp³-hybridized carbons (Fsp3) is 0.235. The molecule has 1 N–H and O–H groups in total. The van der Waals surface area contributed by atoms with Crippen LogP contribution in [-0.4, -0.2) is 44.1 Å². The third-order valence-corrected chi connectivity index (χ3v) is 4.20. The summed E-state index contributed by atoms with van der Waals surface area (Å²) < 4.78 is 44.2. The number of halogens is 3. The molecule has 28 heavy (non-hydrogen) atoms. The minimum atomic E-state index is -4.55. The Balaban J connectivity index is 1.39. The molecule has 8 nitrogen and oxygen atoms in total. The molecule has 1 fully saturated rings. The Hall–Kier alpha value is -3.50. The van der Waals surface area contributed by atoms with Gasteiger partial charge in [0.2, 0.25) is 17.5 Å². The van der Waals surface area contributed by atoms with Crippen LogP contribution in [0.3, 0.4) is 0 Å². The SMILES string of the molecule is O=C(Nc1ccccc1C(F)(F)F)N1CC(c2nc(-c3ncccn3)no2)C1. The average Bonchev–Trinajstić information content (AvgIpc) is 3.10. The lowest BCUT2D eigenvalue weighted by molar-refractivity contribution is -0.136. The monoisotopic (exact) mass is 390 g/mol. The van der Waals surface area contributed by atoms with Crippen molar-refractivity contribution in [2.75, 3.05) is 18.4 Å². The van der Waals surface area contributed by atoms with Crippen molar-refractivity contribution >= 4 is 11.7 Å². The van der Waals surface area contributed by atoms with Crippen LogP contribution in [0.1, 0.15) is 17.4 Å². The molecule has 1 aliphatic heterocycles. The van der Waals surface area contributed by atoms with E-state index >= 15 is 0 Å². The Bertz CT molecular complexity index is 986. The molecule has 1 saturated heterocycles. The van der Waals surface area contributed by atoms with Gasteiger partial charge in [0.15, 0.2) is 0 Å². The number of nitrogens with zero attached hydrogens (tertiary/aromatic N) is 5. The number of likely N-dealkylation sites (tertiary alicyclic amines) is 1. The second-order valence-electron chi connectivity index (χ2n) is 6.10. The fourth-order valence-electron chi connectivity index (χ4n) is 2.74. The number of anilines is 1. The second kappa shape index (κ2) is 6.91. The maximum absolute atomic E-state index is 13.0. The smallest absolute Gasteiger partial charge is 0.338 e. The summed E-state index contributed by atoms with van der Waals surface area (Å²) in [6.45, 7) is 0.495. The van der Waals surface area contributed by atoms with Crippen molar-refractivity contribution < 1.29 is 22.5 Å². The molecule has 1 aromatic carbocycles. The highest BCUT2D eigenvalue weighted by Crippen LogP contribution is 2.35. The first kappa shape index (κ1) is 17.9. The molecule has 0 unspecified atom stereocenters. The molecule has 0 spiro atoms. The highest BCUT2D eigenvalue weighted by Gasteiger charge is 2.38. The number of amides is 2. The molecule has 0 atom stereocenters. The molecule has 3 heterocycles. The highest BCUT2D eigenvalue weighted by atomic mass is 19.4. The first-order chi connectivity index (χ1) is 13.4. The van der Waals surface area contributed by atoms with Crippen molar-refractivity contribution in [2.24, 2.45) is 0 Å². The zero-order valence-corrected chi connectivity index (χ0v) is 14.2. The third kappa shape index (κ3) is 3.50. The van der Waals surface area contributed by atoms with Crippen LogP contribution in [0, 0.1) is 0 Å². The number of benzene rings is 1. The number of alkyl halides is 3. The summed E-state index contributed by atoms with van der Waals surface area (Å²) >= 11 is 0. The summed E-state index contributed by atoms with van der Waals surface area (Å²) in [6, 6.07) is 5.85. The van der Waals surface area contributed by atoms with E-state index in [0.29, 0.717) is 11.7 Å². The lowest BCUT2D eigenvalue weighted by Crippen LogP contribution is -2.50. The van der Waals surface area contributed by atoms with Gasteiger partial charge in [-0.05, 0) is 18.2 Å². The average molecular weight is 390 g/mol. The summed E-state index contributed by atoms with van der Waals surface area (Å²) in [7, 11) is 0. The van der Waals surface area contributed by atoms with E-state index in [-0.39, 0.29) is 30.5 Å². The Morgan fingerprint density at radius 1 is 1.11 bits per heavy atom. The lowest BCUT2D eigenvalue weighted by atomic mass is 10.0. The van der Waals surface area contributed by atoms with Crippen LogP contribution in [0.4, 0.5) is 23.7 Å². The highest BCUT2D eigenvalue weighted by molar-refractivity contribution is 5.91. The van der Waals surface area contributed by atoms with E-state index in [9.17, 15) is 18.0 Å². The molecule has 0 radical (unpaired) electrons. The second-order valence-corrected chi connectivity index (χ2v) is 6.10. The van der Waals surface area contributed by atoms with Gasteiger partial charge >= 0.3 is 12.2 Å². The largest absolute Gasteiger partial charge is 0.418 e. The minimum Gasteiger partial charge on any atom is -0.338 e. The van der Waals surface area contributed by atoms with E-state index in [2.05, 4.69) is 25.4 Å². The summed E-state index contributed by atoms with van der Waals surface area (Å²) in [4.78, 5) is 25.9. The summed E-state index contributed by atoms with van der Waals surface area (Å²) in [5.41, 5.74) is -1.19. The van der Waals surface area contributed by atoms with Crippen LogP contribution in [0.15, 0.2) is 47.2 Å². The summed E-state index contributed by atoms with van der Waals surface area (Å²) in [6.07, 6.45) is -1.46. The van der Waals surface area contributed by atoms with Crippen LogP contribution in [0.5, 0.6) is 0 Å². The van der Waals surface area contributed by atoms with E-state index in [1.807, 2.05) is 0 Å². The van der Waals surface area contributed by atoms with Gasteiger partial charge < -0.3 is 14.7 Å². The van der Waals surface area contributed by atoms with E-state index in [4.69, 9.17) is 4.52 Å². The van der Waals surface area contributed by atoms with Crippen molar-refractivity contribution in [3.05, 3.63) is 54.2 Å². The maximum Gasteiger partial charge on any atom is 0.418 e. The molecule has 144 valence electrons. The first-order valence-electron chi connectivity index (χ1n) is 8.25. The quantitative estimate of drug-likeness (QED) is 0.738. The van der Waals surface area contributed by atoms with Crippen molar-refractivity contribution in [2.45, 2.75) is 12.1 Å². The molecule has 11 heteroatoms. The van der Waals surface area contributed by atoms with E-state index in [0.717, 1.165) is 6.07 Å². The van der Waals surface area contributed by atoms with Gasteiger partial charge in [-0.3, -0.25) is 0 Å². The standard InChI is InChI=1S/C17H13F3N6O2/c18-17(19,20)11-4-1-2-5-12(11)23-16(27)26-8-10(9-26)15-24-14(25-28-15)13-21-6-3-7-22-13/h1-7,10H,8-9H2,(H,23,27). The predicted octanol–water partition coefficient (Wildman–Crippen LogP) is 3.18. The topological polar surface area (TPSA) is 97.0 Å². The minimum absolute atomic E-state index is 0.200. The maximum atomic E-state index is 13.0. The summed E-state index contributed by atoms with van der Waals surface area (Å²) in [5.74, 6) is 0.670. The number of carbonyl (C=O) groups is 1. The van der Waals surface area contributed by atoms with Gasteiger partial charge in [-0.2, -0.15) is 18.2 Å². The van der Waals surface area contributed by atoms with Crippen LogP contribution in [0.2, 0.25) is 0 Å². The van der Waals surface area contributed by atoms with Crippen molar-refractivity contribution in [3.8, 4) is 11.6 Å². The number of hydrogen-bond donors (Lipinski definition) is 1. The molecule has 1 aliphatic rings. The molecule has 4 rings (SSSR count). The van der Waals surface area contributed by atoms with Crippen LogP contribution < -0.4 is 5.32 Å². The van der Waals surface area contributed by atoms with Crippen molar-refractivity contribution in [3.63, 3.8) is 0 Å². The van der Waals surface area contributed by atoms with Gasteiger partial charge in [0.25, 0.3) is 0 Å². The van der Waals surface area contributed by atoms with E-state index < -0.39 is 17.8 Å². The molecular formula is C17H13F3N6O2. The Kier molecular flexibility index (Phi) is 4.41. The van der Waals surface area contributed by atoms with Crippen molar-refractivity contribution in [1.82, 2.24) is 25.0 Å². The van der Waals surface area contributed by atoms with Gasteiger partial charge in [-0.25, -0.2) is 14.8 Å². The van der Waals surface area contributed by atoms with Crippen LogP contribution in [0.25, 0.3) is 11.6 Å². The molecule has 0 aliphatic carbocycles. The number of rotatable bonds is 3. The Morgan fingerprint density at radius 2 is 1.82 bits per heavy atom. The number of hydrogen-bond acceptors (Lipinski definition) is 6. The van der Waals surface area contributed by atoms with Gasteiger partial charge in [0.05, 0.1) is 17.2 Å².